The predicted molar refractivity (Wildman–Crippen MR) is 107 cm³/mol. The Bertz CT molecular complexity index is 1020. The van der Waals surface area contributed by atoms with E-state index in [0.717, 1.165) is 34.7 Å². The lowest BCUT2D eigenvalue weighted by Crippen LogP contribution is -2.47. The molecule has 6 heteroatoms. The van der Waals surface area contributed by atoms with Gasteiger partial charge in [-0.25, -0.2) is 4.98 Å². The van der Waals surface area contributed by atoms with Gasteiger partial charge in [-0.2, -0.15) is 5.26 Å². The molecule has 27 heavy (non-hydrogen) atoms. The van der Waals surface area contributed by atoms with Crippen LogP contribution < -0.4 is 5.32 Å². The van der Waals surface area contributed by atoms with E-state index in [1.807, 2.05) is 61.5 Å². The molecule has 5 nitrogen and oxygen atoms in total. The topological polar surface area (TPSA) is 70.7 Å². The molecule has 1 aliphatic carbocycles. The minimum atomic E-state index is -0.767. The summed E-state index contributed by atoms with van der Waals surface area (Å²) in [5.74, 6) is 0.355. The van der Waals surface area contributed by atoms with Crippen LogP contribution in [-0.2, 0) is 4.79 Å². The molecule has 0 radical (unpaired) electrons. The molecule has 1 atom stereocenters. The third-order valence-corrected chi connectivity index (χ3v) is 5.84. The van der Waals surface area contributed by atoms with Gasteiger partial charge in [-0.05, 0) is 49.9 Å². The van der Waals surface area contributed by atoms with Crippen molar-refractivity contribution in [1.82, 2.24) is 14.9 Å². The van der Waals surface area contributed by atoms with Crippen LogP contribution in [0.1, 0.15) is 19.8 Å². The van der Waals surface area contributed by atoms with Gasteiger partial charge in [0, 0.05) is 5.69 Å². The fourth-order valence-corrected chi connectivity index (χ4v) is 4.09. The molecule has 1 fully saturated rings. The molecule has 1 unspecified atom stereocenters. The van der Waals surface area contributed by atoms with E-state index in [-0.39, 0.29) is 17.6 Å². The number of fused-ring (bicyclic) bond motifs is 1. The van der Waals surface area contributed by atoms with Crippen LogP contribution in [0.4, 0.5) is 0 Å². The van der Waals surface area contributed by atoms with Gasteiger partial charge in [0.05, 0.1) is 22.9 Å². The lowest BCUT2D eigenvalue weighted by molar-refractivity contribution is -0.119. The van der Waals surface area contributed by atoms with Gasteiger partial charge in [-0.1, -0.05) is 42.1 Å². The number of hydrogen-bond donors (Lipinski definition) is 1. The van der Waals surface area contributed by atoms with Crippen molar-refractivity contribution in [1.29, 1.82) is 5.26 Å². The van der Waals surface area contributed by atoms with E-state index in [0.29, 0.717) is 0 Å². The van der Waals surface area contributed by atoms with Gasteiger partial charge >= 0.3 is 0 Å². The molecular formula is C21H20N4OS. The number of nitrogens with one attached hydrogen (secondary N) is 1. The van der Waals surface area contributed by atoms with E-state index in [2.05, 4.69) is 16.0 Å². The molecule has 0 saturated heterocycles. The van der Waals surface area contributed by atoms with Crippen molar-refractivity contribution in [3.8, 4) is 11.8 Å². The number of carbonyl (C=O) groups excluding carboxylic acids is 1. The monoisotopic (exact) mass is 376 g/mol. The zero-order chi connectivity index (χ0) is 18.9. The Balaban J connectivity index is 1.57. The Hall–Kier alpha value is -2.78. The maximum Gasteiger partial charge on any atom is 0.231 e. The van der Waals surface area contributed by atoms with Gasteiger partial charge in [0.25, 0.3) is 0 Å². The minimum Gasteiger partial charge on any atom is -0.337 e. The van der Waals surface area contributed by atoms with E-state index >= 15 is 0 Å². The smallest absolute Gasteiger partial charge is 0.231 e. The first kappa shape index (κ1) is 17.6. The molecule has 136 valence electrons. The Labute approximate surface area is 162 Å². The fraction of sp³-hybridized carbons (Fsp3) is 0.286. The summed E-state index contributed by atoms with van der Waals surface area (Å²) in [6.45, 7) is 1.81. The lowest BCUT2D eigenvalue weighted by atomic mass is 9.98. The summed E-state index contributed by atoms with van der Waals surface area (Å²) in [5.41, 5.74) is 2.14. The predicted octanol–water partition coefficient (Wildman–Crippen LogP) is 3.93. The Morgan fingerprint density at radius 3 is 2.67 bits per heavy atom. The largest absolute Gasteiger partial charge is 0.337 e. The zero-order valence-electron chi connectivity index (χ0n) is 15.1. The number of aromatic nitrogens is 2. The summed E-state index contributed by atoms with van der Waals surface area (Å²) >= 11 is 1.39. The van der Waals surface area contributed by atoms with Crippen LogP contribution in [0, 0.1) is 17.2 Å². The number of hydrogen-bond acceptors (Lipinski definition) is 4. The molecule has 4 rings (SSSR count). The van der Waals surface area contributed by atoms with Gasteiger partial charge in [0.1, 0.15) is 5.54 Å². The number of thioether (sulfide) groups is 1. The normalized spacial score (nSPS) is 15.9. The first-order valence-electron chi connectivity index (χ1n) is 8.99. The quantitative estimate of drug-likeness (QED) is 0.662. The van der Waals surface area contributed by atoms with Crippen molar-refractivity contribution in [2.24, 2.45) is 5.92 Å². The average molecular weight is 376 g/mol. The first-order chi connectivity index (χ1) is 13.1. The van der Waals surface area contributed by atoms with Crippen LogP contribution in [0.15, 0.2) is 59.8 Å². The summed E-state index contributed by atoms with van der Waals surface area (Å²) in [4.78, 5) is 17.2. The molecule has 1 amide bonds. The Morgan fingerprint density at radius 2 is 1.96 bits per heavy atom. The number of benzene rings is 2. The summed E-state index contributed by atoms with van der Waals surface area (Å²) in [5, 5.41) is 13.1. The number of rotatable bonds is 6. The number of imidazole rings is 1. The highest BCUT2D eigenvalue weighted by atomic mass is 32.2. The Morgan fingerprint density at radius 1 is 1.26 bits per heavy atom. The summed E-state index contributed by atoms with van der Waals surface area (Å²) in [6, 6.07) is 20.2. The Kier molecular flexibility index (Phi) is 4.63. The molecule has 1 aliphatic rings. The van der Waals surface area contributed by atoms with Gasteiger partial charge in [0.15, 0.2) is 5.16 Å². The molecule has 2 aromatic carbocycles. The second-order valence-corrected chi connectivity index (χ2v) is 7.92. The highest BCUT2D eigenvalue weighted by Gasteiger charge is 2.42. The number of nitrogens with zero attached hydrogens (tertiary/aromatic N) is 3. The van der Waals surface area contributed by atoms with Crippen LogP contribution >= 0.6 is 11.8 Å². The molecule has 1 saturated carbocycles. The second kappa shape index (κ2) is 7.09. The molecule has 1 heterocycles. The van der Waals surface area contributed by atoms with E-state index in [9.17, 15) is 10.1 Å². The van der Waals surface area contributed by atoms with E-state index in [1.54, 1.807) is 0 Å². The molecule has 0 aliphatic heterocycles. The van der Waals surface area contributed by atoms with E-state index in [4.69, 9.17) is 4.98 Å². The van der Waals surface area contributed by atoms with Crippen molar-refractivity contribution >= 4 is 28.7 Å². The van der Waals surface area contributed by atoms with Crippen LogP contribution in [0.25, 0.3) is 16.7 Å². The lowest BCUT2D eigenvalue weighted by Gasteiger charge is -2.22. The SMILES string of the molecule is CC(C#N)(NC(=O)CSc1nc2ccccc2n1-c1ccccc1)C1CC1. The van der Waals surface area contributed by atoms with Gasteiger partial charge in [0.2, 0.25) is 5.91 Å². The van der Waals surface area contributed by atoms with Crippen molar-refractivity contribution in [3.63, 3.8) is 0 Å². The van der Waals surface area contributed by atoms with Gasteiger partial charge < -0.3 is 5.32 Å². The maximum atomic E-state index is 12.5. The molecule has 0 bridgehead atoms. The maximum absolute atomic E-state index is 12.5. The fourth-order valence-electron chi connectivity index (χ4n) is 3.27. The number of para-hydroxylation sites is 3. The molecule has 1 N–H and O–H groups in total. The van der Waals surface area contributed by atoms with Crippen molar-refractivity contribution in [2.45, 2.75) is 30.5 Å². The number of amides is 1. The van der Waals surface area contributed by atoms with E-state index < -0.39 is 5.54 Å². The van der Waals surface area contributed by atoms with Crippen molar-refractivity contribution < 1.29 is 4.79 Å². The van der Waals surface area contributed by atoms with Gasteiger partial charge in [-0.3, -0.25) is 9.36 Å². The first-order valence-corrected chi connectivity index (χ1v) is 9.97. The average Bonchev–Trinajstić information content (AvgIpc) is 3.48. The van der Waals surface area contributed by atoms with Crippen molar-refractivity contribution in [3.05, 3.63) is 54.6 Å². The third-order valence-electron chi connectivity index (χ3n) is 4.90. The summed E-state index contributed by atoms with van der Waals surface area (Å²) < 4.78 is 2.07. The number of carbonyl (C=O) groups is 1. The minimum absolute atomic E-state index is 0.136. The van der Waals surface area contributed by atoms with E-state index in [1.165, 1.54) is 11.8 Å². The van der Waals surface area contributed by atoms with Crippen LogP contribution in [-0.4, -0.2) is 26.8 Å². The standard InChI is InChI=1S/C21H20N4OS/c1-21(14-22,15-11-12-15)24-19(26)13-27-20-23-17-9-5-6-10-18(17)25(20)16-7-3-2-4-8-16/h2-10,15H,11-13H2,1H3,(H,24,26). The van der Waals surface area contributed by atoms with Crippen LogP contribution in [0.2, 0.25) is 0 Å². The third kappa shape index (κ3) is 3.56. The zero-order valence-corrected chi connectivity index (χ0v) is 15.9. The van der Waals surface area contributed by atoms with Crippen LogP contribution in [0.3, 0.4) is 0 Å². The highest BCUT2D eigenvalue weighted by molar-refractivity contribution is 7.99. The van der Waals surface area contributed by atoms with Crippen molar-refractivity contribution in [2.75, 3.05) is 5.75 Å². The summed E-state index contributed by atoms with van der Waals surface area (Å²) in [7, 11) is 0. The highest BCUT2D eigenvalue weighted by Crippen LogP contribution is 2.39. The van der Waals surface area contributed by atoms with Crippen LogP contribution in [0.5, 0.6) is 0 Å². The molecule has 0 spiro atoms. The van der Waals surface area contributed by atoms with Gasteiger partial charge in [-0.15, -0.1) is 0 Å². The summed E-state index contributed by atoms with van der Waals surface area (Å²) in [6.07, 6.45) is 2.00. The molecular weight excluding hydrogens is 356 g/mol. The molecule has 1 aromatic heterocycles. The molecule has 3 aromatic rings. The number of nitriles is 1. The second-order valence-electron chi connectivity index (χ2n) is 6.98.